The Morgan fingerprint density at radius 1 is 0.744 bits per heavy atom. The first-order valence-corrected chi connectivity index (χ1v) is 12.0. The average molecular weight is 514 g/mol. The van der Waals surface area contributed by atoms with Gasteiger partial charge in [-0.3, -0.25) is 19.7 Å². The number of para-hydroxylation sites is 2. The number of carbonyl (C=O) groups is 1. The topological polar surface area (TPSA) is 111 Å². The zero-order valence-electron chi connectivity index (χ0n) is 20.3. The molecule has 0 N–H and O–H groups in total. The molecular weight excluding hydrogens is 494 g/mol. The van der Waals surface area contributed by atoms with Crippen molar-refractivity contribution < 1.29 is 9.72 Å². The van der Waals surface area contributed by atoms with E-state index in [0.29, 0.717) is 22.0 Å². The fraction of sp³-hybridized carbons (Fsp3) is 0. The summed E-state index contributed by atoms with van der Waals surface area (Å²) in [6.07, 6.45) is 1.37. The molecule has 4 aromatic carbocycles. The molecular formula is C30H19N5O4. The Morgan fingerprint density at radius 2 is 1.36 bits per heavy atom. The molecule has 1 aromatic heterocycles. The van der Waals surface area contributed by atoms with Crippen LogP contribution >= 0.6 is 0 Å². The average Bonchev–Trinajstić information content (AvgIpc) is 3.29. The molecule has 0 atom stereocenters. The molecule has 0 saturated heterocycles. The second-order valence-corrected chi connectivity index (χ2v) is 8.70. The summed E-state index contributed by atoms with van der Waals surface area (Å²) in [5.41, 5.74) is 1.23. The number of amidine groups is 1. The second kappa shape index (κ2) is 9.64. The van der Waals surface area contributed by atoms with E-state index < -0.39 is 16.4 Å². The van der Waals surface area contributed by atoms with E-state index in [0.717, 1.165) is 0 Å². The van der Waals surface area contributed by atoms with Gasteiger partial charge in [-0.1, -0.05) is 84.9 Å². The lowest BCUT2D eigenvalue weighted by Crippen LogP contribution is -2.49. The van der Waals surface area contributed by atoms with E-state index in [1.807, 2.05) is 24.3 Å². The Hall–Kier alpha value is -5.70. The summed E-state index contributed by atoms with van der Waals surface area (Å²) in [7, 11) is 0. The molecule has 6 rings (SSSR count). The summed E-state index contributed by atoms with van der Waals surface area (Å²) in [6, 6.07) is 31.1. The van der Waals surface area contributed by atoms with Gasteiger partial charge in [0, 0.05) is 17.2 Å². The zero-order valence-corrected chi connectivity index (χ0v) is 20.3. The highest BCUT2D eigenvalue weighted by Gasteiger charge is 2.36. The first kappa shape index (κ1) is 23.7. The minimum absolute atomic E-state index is 0.0535. The molecule has 0 radical (unpaired) electrons. The Morgan fingerprint density at radius 3 is 2.08 bits per heavy atom. The zero-order chi connectivity index (χ0) is 26.9. The molecule has 39 heavy (non-hydrogen) atoms. The number of hydrogen-bond acceptors (Lipinski definition) is 6. The highest BCUT2D eigenvalue weighted by atomic mass is 16.6. The Kier molecular flexibility index (Phi) is 5.85. The van der Waals surface area contributed by atoms with Crippen molar-refractivity contribution in [2.24, 2.45) is 4.99 Å². The molecule has 9 nitrogen and oxygen atoms in total. The van der Waals surface area contributed by atoms with Gasteiger partial charge in [0.25, 0.3) is 17.2 Å². The van der Waals surface area contributed by atoms with E-state index in [1.165, 1.54) is 27.9 Å². The number of rotatable bonds is 5. The van der Waals surface area contributed by atoms with Crippen molar-refractivity contribution in [2.45, 2.75) is 0 Å². The van der Waals surface area contributed by atoms with Gasteiger partial charge >= 0.3 is 0 Å². The Labute approximate surface area is 221 Å². The van der Waals surface area contributed by atoms with Crippen LogP contribution in [0.3, 0.4) is 0 Å². The molecule has 1 amide bonds. The van der Waals surface area contributed by atoms with Crippen molar-refractivity contribution in [3.05, 3.63) is 146 Å². The third-order valence-corrected chi connectivity index (χ3v) is 6.28. The summed E-state index contributed by atoms with van der Waals surface area (Å²) >= 11 is 0. The van der Waals surface area contributed by atoms with Crippen LogP contribution in [0, 0.1) is 10.1 Å². The number of aromatic nitrogens is 2. The fourth-order valence-corrected chi connectivity index (χ4v) is 4.47. The van der Waals surface area contributed by atoms with Crippen LogP contribution < -0.4 is 10.6 Å². The maximum Gasteiger partial charge on any atom is 0.297 e. The summed E-state index contributed by atoms with van der Waals surface area (Å²) in [5, 5.41) is 13.1. The predicted molar refractivity (Wildman–Crippen MR) is 149 cm³/mol. The van der Waals surface area contributed by atoms with E-state index in [2.05, 4.69) is 4.99 Å². The Balaban J connectivity index is 1.63. The standard InChI is InChI=1S/C30H19N5O4/c36-29-23-16-8-9-17-24(23)31-27(20-11-3-1-4-12-20)33(29)34-28(21-13-5-2-6-14-21)32-25(30(34)37)19-22-15-7-10-18-26(22)35(38)39/h1-19H/b25-19-. The molecule has 9 heteroatoms. The van der Waals surface area contributed by atoms with Crippen LogP contribution in [0.2, 0.25) is 0 Å². The summed E-state index contributed by atoms with van der Waals surface area (Å²) in [5.74, 6) is -0.173. The number of aliphatic imine (C=N–C) groups is 1. The second-order valence-electron chi connectivity index (χ2n) is 8.70. The van der Waals surface area contributed by atoms with E-state index in [4.69, 9.17) is 4.98 Å². The number of carbonyl (C=O) groups excluding carboxylic acids is 1. The van der Waals surface area contributed by atoms with E-state index in [1.54, 1.807) is 72.8 Å². The fourth-order valence-electron chi connectivity index (χ4n) is 4.47. The van der Waals surface area contributed by atoms with Crippen LogP contribution in [0.15, 0.2) is 125 Å². The largest absolute Gasteiger partial charge is 0.297 e. The number of hydrogen-bond donors (Lipinski definition) is 0. The SMILES string of the molecule is O=C1/C(=C/c2ccccc2[N+](=O)[O-])N=C(c2ccccc2)N1n1c(-c2ccccc2)nc2ccccc2c1=O. The van der Waals surface area contributed by atoms with Crippen molar-refractivity contribution >= 4 is 34.4 Å². The van der Waals surface area contributed by atoms with Crippen LogP contribution in [-0.2, 0) is 4.79 Å². The maximum absolute atomic E-state index is 14.0. The van der Waals surface area contributed by atoms with Gasteiger partial charge in [0.2, 0.25) is 0 Å². The first-order chi connectivity index (χ1) is 19.0. The van der Waals surface area contributed by atoms with Gasteiger partial charge in [-0.2, -0.15) is 9.69 Å². The van der Waals surface area contributed by atoms with Crippen LogP contribution in [0.25, 0.3) is 28.4 Å². The normalized spacial score (nSPS) is 14.2. The van der Waals surface area contributed by atoms with Gasteiger partial charge < -0.3 is 0 Å². The third-order valence-electron chi connectivity index (χ3n) is 6.28. The molecule has 0 saturated carbocycles. The van der Waals surface area contributed by atoms with E-state index in [9.17, 15) is 19.7 Å². The first-order valence-electron chi connectivity index (χ1n) is 12.0. The molecule has 0 aliphatic carbocycles. The number of nitrogens with zero attached hydrogens (tertiary/aromatic N) is 5. The van der Waals surface area contributed by atoms with E-state index >= 15 is 0 Å². The molecule has 0 spiro atoms. The van der Waals surface area contributed by atoms with Crippen molar-refractivity contribution in [1.82, 2.24) is 9.66 Å². The van der Waals surface area contributed by atoms with Gasteiger partial charge in [0.15, 0.2) is 11.7 Å². The van der Waals surface area contributed by atoms with Crippen molar-refractivity contribution in [3.8, 4) is 11.4 Å². The molecule has 2 heterocycles. The molecule has 5 aromatic rings. The maximum atomic E-state index is 14.0. The summed E-state index contributed by atoms with van der Waals surface area (Å²) in [6.45, 7) is 0. The Bertz CT molecular complexity index is 1880. The number of benzene rings is 4. The van der Waals surface area contributed by atoms with Crippen molar-refractivity contribution in [1.29, 1.82) is 0 Å². The van der Waals surface area contributed by atoms with Crippen LogP contribution in [-0.4, -0.2) is 26.3 Å². The third kappa shape index (κ3) is 4.17. The van der Waals surface area contributed by atoms with Gasteiger partial charge in [0.1, 0.15) is 5.70 Å². The van der Waals surface area contributed by atoms with Gasteiger partial charge in [-0.15, -0.1) is 0 Å². The lowest BCUT2D eigenvalue weighted by Gasteiger charge is -2.23. The minimum atomic E-state index is -0.622. The highest BCUT2D eigenvalue weighted by molar-refractivity contribution is 6.29. The van der Waals surface area contributed by atoms with E-state index in [-0.39, 0.29) is 28.6 Å². The number of nitro benzene ring substituents is 1. The monoisotopic (exact) mass is 513 g/mol. The predicted octanol–water partition coefficient (Wildman–Crippen LogP) is 4.94. The quantitative estimate of drug-likeness (QED) is 0.188. The molecule has 0 unspecified atom stereocenters. The lowest BCUT2D eigenvalue weighted by molar-refractivity contribution is -0.385. The number of amides is 1. The van der Waals surface area contributed by atoms with Crippen LogP contribution in [0.1, 0.15) is 11.1 Å². The van der Waals surface area contributed by atoms with Crippen molar-refractivity contribution in [3.63, 3.8) is 0 Å². The smallest absolute Gasteiger partial charge is 0.267 e. The van der Waals surface area contributed by atoms with Gasteiger partial charge in [-0.25, -0.2) is 9.98 Å². The lowest BCUT2D eigenvalue weighted by atomic mass is 10.1. The van der Waals surface area contributed by atoms with Gasteiger partial charge in [-0.05, 0) is 24.3 Å². The van der Waals surface area contributed by atoms with Crippen LogP contribution in [0.4, 0.5) is 5.69 Å². The minimum Gasteiger partial charge on any atom is -0.267 e. The van der Waals surface area contributed by atoms with Crippen LogP contribution in [0.5, 0.6) is 0 Å². The highest BCUT2D eigenvalue weighted by Crippen LogP contribution is 2.27. The number of nitro groups is 1. The summed E-state index contributed by atoms with van der Waals surface area (Å²) in [4.78, 5) is 48.5. The summed E-state index contributed by atoms with van der Waals surface area (Å²) < 4.78 is 1.23. The van der Waals surface area contributed by atoms with Gasteiger partial charge in [0.05, 0.1) is 21.4 Å². The molecule has 1 aliphatic heterocycles. The molecule has 188 valence electrons. The molecule has 0 fully saturated rings. The van der Waals surface area contributed by atoms with Crippen molar-refractivity contribution in [2.75, 3.05) is 5.01 Å². The number of fused-ring (bicyclic) bond motifs is 1. The molecule has 0 bridgehead atoms. The molecule has 1 aliphatic rings.